The van der Waals surface area contributed by atoms with Crippen LogP contribution in [0.1, 0.15) is 35.2 Å². The number of phenols is 1. The number of esters is 1. The first-order chi connectivity index (χ1) is 15.5. The number of primary amides is 1. The summed E-state index contributed by atoms with van der Waals surface area (Å²) in [5.41, 5.74) is 2.31. The quantitative estimate of drug-likeness (QED) is 0.237. The molecule has 1 amide bonds. The summed E-state index contributed by atoms with van der Waals surface area (Å²) >= 11 is 0. The molecule has 0 bridgehead atoms. The van der Waals surface area contributed by atoms with E-state index in [0.29, 0.717) is 5.56 Å². The van der Waals surface area contributed by atoms with E-state index in [2.05, 4.69) is 6.58 Å². The summed E-state index contributed by atoms with van der Waals surface area (Å²) in [6, 6.07) is 4.41. The number of benzene rings is 1. The Morgan fingerprint density at radius 3 is 2.55 bits per heavy atom. The topological polar surface area (TPSA) is 184 Å². The zero-order chi connectivity index (χ0) is 24.4. The first-order valence-corrected chi connectivity index (χ1v) is 10.3. The SMILES string of the molecule is C=CC(=O)O[C@H]1[C@H]2C(=C(O)[C@]3(O)C(=O)C(C(N)=O)C(O)C[C@H]13)C(=O)c1c(O)cccc1[C@@H]2C. The van der Waals surface area contributed by atoms with Crippen LogP contribution in [-0.4, -0.2) is 61.7 Å². The number of aliphatic hydroxyl groups is 3. The molecule has 0 saturated heterocycles. The second kappa shape index (κ2) is 7.53. The average molecular weight is 457 g/mol. The zero-order valence-corrected chi connectivity index (χ0v) is 17.6. The summed E-state index contributed by atoms with van der Waals surface area (Å²) in [5.74, 6) is -10.5. The van der Waals surface area contributed by atoms with Crippen molar-refractivity contribution < 1.29 is 44.3 Å². The number of aromatic hydroxyl groups is 1. The van der Waals surface area contributed by atoms with Crippen LogP contribution < -0.4 is 5.73 Å². The first kappa shape index (κ1) is 22.7. The molecule has 0 aliphatic heterocycles. The second-order valence-corrected chi connectivity index (χ2v) is 8.67. The van der Waals surface area contributed by atoms with Crippen molar-refractivity contribution in [2.24, 2.45) is 23.5 Å². The van der Waals surface area contributed by atoms with Crippen LogP contribution in [0.15, 0.2) is 42.2 Å². The van der Waals surface area contributed by atoms with Crippen molar-refractivity contribution in [1.29, 1.82) is 0 Å². The minimum atomic E-state index is -2.83. The third-order valence-corrected chi connectivity index (χ3v) is 7.08. The normalized spacial score (nSPS) is 35.2. The number of hydrogen-bond acceptors (Lipinski definition) is 9. The van der Waals surface area contributed by atoms with E-state index in [1.165, 1.54) is 12.1 Å². The van der Waals surface area contributed by atoms with Gasteiger partial charge in [0.25, 0.3) is 0 Å². The van der Waals surface area contributed by atoms with Crippen LogP contribution >= 0.6 is 0 Å². The van der Waals surface area contributed by atoms with E-state index in [4.69, 9.17) is 10.5 Å². The number of ether oxygens (including phenoxy) is 1. The lowest BCUT2D eigenvalue weighted by atomic mass is 9.54. The van der Waals surface area contributed by atoms with Crippen molar-refractivity contribution in [3.8, 4) is 5.75 Å². The Morgan fingerprint density at radius 2 is 1.94 bits per heavy atom. The zero-order valence-electron chi connectivity index (χ0n) is 17.6. The lowest BCUT2D eigenvalue weighted by Gasteiger charge is -2.52. The summed E-state index contributed by atoms with van der Waals surface area (Å²) < 4.78 is 5.49. The molecule has 2 unspecified atom stereocenters. The maximum absolute atomic E-state index is 13.4. The highest BCUT2D eigenvalue weighted by atomic mass is 16.5. The van der Waals surface area contributed by atoms with Crippen LogP contribution in [0.2, 0.25) is 0 Å². The van der Waals surface area contributed by atoms with Crippen LogP contribution in [0.4, 0.5) is 0 Å². The number of carbonyl (C=O) groups excluding carboxylic acids is 4. The van der Waals surface area contributed by atoms with E-state index in [1.807, 2.05) is 0 Å². The molecule has 1 aromatic rings. The van der Waals surface area contributed by atoms with Crippen molar-refractivity contribution >= 4 is 23.4 Å². The molecule has 0 spiro atoms. The van der Waals surface area contributed by atoms with Gasteiger partial charge in [-0.1, -0.05) is 25.6 Å². The number of phenolic OH excluding ortho intramolecular Hbond substituents is 1. The Kier molecular flexibility index (Phi) is 5.18. The highest BCUT2D eigenvalue weighted by Gasteiger charge is 2.67. The number of nitrogens with two attached hydrogens (primary N) is 1. The van der Waals surface area contributed by atoms with E-state index < -0.39 is 82.7 Å². The Hall–Kier alpha value is -3.50. The molecule has 1 aromatic carbocycles. The van der Waals surface area contributed by atoms with Gasteiger partial charge in [-0.05, 0) is 24.0 Å². The van der Waals surface area contributed by atoms with Gasteiger partial charge in [0.1, 0.15) is 23.5 Å². The molecule has 1 fully saturated rings. The number of rotatable bonds is 3. The highest BCUT2D eigenvalue weighted by molar-refractivity contribution is 6.15. The highest BCUT2D eigenvalue weighted by Crippen LogP contribution is 2.55. The molecule has 6 N–H and O–H groups in total. The van der Waals surface area contributed by atoms with Gasteiger partial charge < -0.3 is 30.9 Å². The fraction of sp³-hybridized carbons (Fsp3) is 0.391. The van der Waals surface area contributed by atoms with Gasteiger partial charge in [0.2, 0.25) is 5.91 Å². The Bertz CT molecular complexity index is 1140. The largest absolute Gasteiger partial charge is 0.508 e. The van der Waals surface area contributed by atoms with Gasteiger partial charge in [-0.3, -0.25) is 14.4 Å². The number of Topliss-reactive ketones (excluding diaryl/α,β-unsaturated/α-hetero) is 2. The van der Waals surface area contributed by atoms with Gasteiger partial charge in [0.05, 0.1) is 11.7 Å². The van der Waals surface area contributed by atoms with Gasteiger partial charge in [-0.15, -0.1) is 0 Å². The summed E-state index contributed by atoms with van der Waals surface area (Å²) in [7, 11) is 0. The fourth-order valence-corrected chi connectivity index (χ4v) is 5.57. The molecule has 4 rings (SSSR count). The predicted molar refractivity (Wildman–Crippen MR) is 111 cm³/mol. The Balaban J connectivity index is 2.01. The minimum Gasteiger partial charge on any atom is -0.508 e. The van der Waals surface area contributed by atoms with Gasteiger partial charge in [-0.25, -0.2) is 4.79 Å². The monoisotopic (exact) mass is 457 g/mol. The van der Waals surface area contributed by atoms with Gasteiger partial charge in [0, 0.05) is 23.5 Å². The van der Waals surface area contributed by atoms with Crippen LogP contribution in [0.25, 0.3) is 0 Å². The number of aliphatic hydroxyl groups excluding tert-OH is 2. The van der Waals surface area contributed by atoms with Crippen molar-refractivity contribution in [1.82, 2.24) is 0 Å². The van der Waals surface area contributed by atoms with Gasteiger partial charge in [-0.2, -0.15) is 0 Å². The molecule has 174 valence electrons. The summed E-state index contributed by atoms with van der Waals surface area (Å²) in [5, 5.41) is 43.4. The molecule has 0 aromatic heterocycles. The number of carbonyl (C=O) groups is 4. The average Bonchev–Trinajstić information content (AvgIpc) is 2.75. The van der Waals surface area contributed by atoms with Gasteiger partial charge in [0.15, 0.2) is 17.2 Å². The predicted octanol–water partition coefficient (Wildman–Crippen LogP) is 0.0142. The molecule has 3 aliphatic carbocycles. The second-order valence-electron chi connectivity index (χ2n) is 8.67. The molecule has 33 heavy (non-hydrogen) atoms. The molecule has 1 saturated carbocycles. The van der Waals surface area contributed by atoms with Crippen molar-refractivity contribution in [2.45, 2.75) is 37.1 Å². The molecular weight excluding hydrogens is 434 g/mol. The fourth-order valence-electron chi connectivity index (χ4n) is 5.57. The summed E-state index contributed by atoms with van der Waals surface area (Å²) in [6.07, 6.45) is -2.52. The summed E-state index contributed by atoms with van der Waals surface area (Å²) in [4.78, 5) is 50.7. The Morgan fingerprint density at radius 1 is 1.27 bits per heavy atom. The van der Waals surface area contributed by atoms with Crippen LogP contribution in [0.5, 0.6) is 5.75 Å². The van der Waals surface area contributed by atoms with Crippen molar-refractivity contribution in [3.63, 3.8) is 0 Å². The molecule has 0 radical (unpaired) electrons. The smallest absolute Gasteiger partial charge is 0.330 e. The molecule has 7 atom stereocenters. The maximum Gasteiger partial charge on any atom is 0.330 e. The maximum atomic E-state index is 13.4. The van der Waals surface area contributed by atoms with Crippen LogP contribution in [0, 0.1) is 17.8 Å². The van der Waals surface area contributed by atoms with E-state index in [-0.39, 0.29) is 11.3 Å². The van der Waals surface area contributed by atoms with Crippen LogP contribution in [-0.2, 0) is 19.1 Å². The first-order valence-electron chi connectivity index (χ1n) is 10.3. The number of hydrogen-bond donors (Lipinski definition) is 5. The lowest BCUT2D eigenvalue weighted by molar-refractivity contribution is -0.188. The standard InChI is InChI=1S/C23H23NO9/c1-3-13(27)33-19-10-7-12(26)16(22(24)31)20(29)23(10,32)21(30)17-14(19)8(2)9-5-4-6-11(25)15(9)18(17)28/h3-6,8,10,12,14,16,19,25-26,30,32H,1,7H2,2H3,(H2,24,31)/t8-,10+,12?,14+,16?,19+,23+/m0/s1. The van der Waals surface area contributed by atoms with E-state index in [1.54, 1.807) is 13.0 Å². The number of fused-ring (bicyclic) bond motifs is 3. The van der Waals surface area contributed by atoms with Gasteiger partial charge >= 0.3 is 5.97 Å². The number of amides is 1. The van der Waals surface area contributed by atoms with E-state index in [0.717, 1.165) is 6.08 Å². The number of ketones is 2. The molecule has 10 nitrogen and oxygen atoms in total. The lowest BCUT2D eigenvalue weighted by Crippen LogP contribution is -2.67. The molecule has 3 aliphatic rings. The Labute approximate surface area is 188 Å². The van der Waals surface area contributed by atoms with Crippen molar-refractivity contribution in [3.05, 3.63) is 53.3 Å². The molecular formula is C23H23NO9. The minimum absolute atomic E-state index is 0.117. The van der Waals surface area contributed by atoms with E-state index in [9.17, 15) is 39.6 Å². The van der Waals surface area contributed by atoms with E-state index >= 15 is 0 Å². The third-order valence-electron chi connectivity index (χ3n) is 7.08. The van der Waals surface area contributed by atoms with Crippen molar-refractivity contribution in [2.75, 3.05) is 0 Å². The molecule has 10 heteroatoms. The third kappa shape index (κ3) is 2.94. The summed E-state index contributed by atoms with van der Waals surface area (Å²) in [6.45, 7) is 5.01. The molecule has 0 heterocycles. The van der Waals surface area contributed by atoms with Crippen LogP contribution in [0.3, 0.4) is 0 Å².